The summed E-state index contributed by atoms with van der Waals surface area (Å²) in [7, 11) is 0. The van der Waals surface area contributed by atoms with Gasteiger partial charge in [-0.1, -0.05) is 12.1 Å². The molecule has 0 N–H and O–H groups in total. The van der Waals surface area contributed by atoms with Crippen LogP contribution in [0.1, 0.15) is 10.6 Å². The topological polar surface area (TPSA) is 56.0 Å². The Labute approximate surface area is 127 Å². The number of fused-ring (bicyclic) bond motifs is 1. The van der Waals surface area contributed by atoms with E-state index in [1.165, 1.54) is 29.5 Å². The summed E-state index contributed by atoms with van der Waals surface area (Å²) in [5.74, 6) is -1.81. The van der Waals surface area contributed by atoms with Gasteiger partial charge in [-0.15, -0.1) is 11.3 Å². The molecule has 1 heterocycles. The molecule has 0 amide bonds. The summed E-state index contributed by atoms with van der Waals surface area (Å²) in [6.45, 7) is 0. The normalized spacial score (nSPS) is 11.4. The van der Waals surface area contributed by atoms with Crippen molar-refractivity contribution < 1.29 is 13.7 Å². The largest absolute Gasteiger partial charge is 0.271 e. The molecular formula is C15H8F2N2O2S. The van der Waals surface area contributed by atoms with Crippen LogP contribution in [0.15, 0.2) is 36.4 Å². The molecule has 0 aliphatic carbocycles. The van der Waals surface area contributed by atoms with Crippen LogP contribution in [0.5, 0.6) is 0 Å². The highest BCUT2D eigenvalue weighted by molar-refractivity contribution is 7.19. The predicted molar refractivity (Wildman–Crippen MR) is 81.6 cm³/mol. The lowest BCUT2D eigenvalue weighted by Gasteiger charge is -1.94. The van der Waals surface area contributed by atoms with Crippen molar-refractivity contribution in [3.8, 4) is 0 Å². The minimum Gasteiger partial charge on any atom is -0.258 e. The fraction of sp³-hybridized carbons (Fsp3) is 0. The van der Waals surface area contributed by atoms with Crippen LogP contribution in [0.25, 0.3) is 22.4 Å². The standard InChI is InChI=1S/C15H8F2N2O2S/c16-11-4-1-9(7-12(11)17)2-6-15-18-13-8-10(19(20)21)3-5-14(13)22-15/h1-8H/b6-2+. The van der Waals surface area contributed by atoms with E-state index >= 15 is 0 Å². The maximum atomic E-state index is 13.1. The summed E-state index contributed by atoms with van der Waals surface area (Å²) in [6.07, 6.45) is 3.26. The Morgan fingerprint density at radius 1 is 1.09 bits per heavy atom. The van der Waals surface area contributed by atoms with Crippen LogP contribution in [0.4, 0.5) is 14.5 Å². The molecule has 0 spiro atoms. The Morgan fingerprint density at radius 2 is 1.91 bits per heavy atom. The SMILES string of the molecule is O=[N+]([O-])c1ccc2sc(/C=C/c3ccc(F)c(F)c3)nc2c1. The lowest BCUT2D eigenvalue weighted by molar-refractivity contribution is -0.384. The first-order valence-electron chi connectivity index (χ1n) is 6.21. The summed E-state index contributed by atoms with van der Waals surface area (Å²) in [5, 5.41) is 11.3. The van der Waals surface area contributed by atoms with Crippen LogP contribution in [-0.2, 0) is 0 Å². The minimum atomic E-state index is -0.915. The van der Waals surface area contributed by atoms with Gasteiger partial charge in [0.15, 0.2) is 11.6 Å². The summed E-state index contributed by atoms with van der Waals surface area (Å²) in [5.41, 5.74) is 1.02. The molecule has 4 nitrogen and oxygen atoms in total. The fourth-order valence-corrected chi connectivity index (χ4v) is 2.75. The van der Waals surface area contributed by atoms with Crippen LogP contribution in [0, 0.1) is 21.7 Å². The van der Waals surface area contributed by atoms with E-state index in [1.54, 1.807) is 18.2 Å². The molecule has 1 aromatic heterocycles. The van der Waals surface area contributed by atoms with Crippen molar-refractivity contribution in [2.24, 2.45) is 0 Å². The Kier molecular flexibility index (Phi) is 3.64. The van der Waals surface area contributed by atoms with E-state index in [4.69, 9.17) is 0 Å². The fourth-order valence-electron chi connectivity index (χ4n) is 1.90. The van der Waals surface area contributed by atoms with Gasteiger partial charge in [-0.05, 0) is 29.8 Å². The molecule has 0 atom stereocenters. The van der Waals surface area contributed by atoms with E-state index in [0.29, 0.717) is 16.1 Å². The summed E-state index contributed by atoms with van der Waals surface area (Å²) in [4.78, 5) is 14.5. The van der Waals surface area contributed by atoms with E-state index in [-0.39, 0.29) is 5.69 Å². The molecule has 0 saturated carbocycles. The van der Waals surface area contributed by atoms with Crippen molar-refractivity contribution in [1.82, 2.24) is 4.98 Å². The number of benzene rings is 2. The molecule has 22 heavy (non-hydrogen) atoms. The third-order valence-corrected chi connectivity index (χ3v) is 3.96. The predicted octanol–water partition coefficient (Wildman–Crippen LogP) is 4.65. The smallest absolute Gasteiger partial charge is 0.258 e. The van der Waals surface area contributed by atoms with Crippen LogP contribution in [0.2, 0.25) is 0 Å². The molecule has 0 aliphatic heterocycles. The monoisotopic (exact) mass is 318 g/mol. The maximum Gasteiger partial charge on any atom is 0.271 e. The number of thiazole rings is 1. The van der Waals surface area contributed by atoms with Crippen molar-refractivity contribution in [3.63, 3.8) is 0 Å². The average Bonchev–Trinajstić information content (AvgIpc) is 2.90. The van der Waals surface area contributed by atoms with E-state index < -0.39 is 16.6 Å². The molecule has 0 saturated heterocycles. The summed E-state index contributed by atoms with van der Waals surface area (Å²) < 4.78 is 26.8. The average molecular weight is 318 g/mol. The van der Waals surface area contributed by atoms with Gasteiger partial charge >= 0.3 is 0 Å². The van der Waals surface area contributed by atoms with E-state index in [0.717, 1.165) is 16.8 Å². The van der Waals surface area contributed by atoms with E-state index in [1.807, 2.05) is 0 Å². The van der Waals surface area contributed by atoms with Gasteiger partial charge in [0.25, 0.3) is 5.69 Å². The zero-order chi connectivity index (χ0) is 15.7. The number of aromatic nitrogens is 1. The third kappa shape index (κ3) is 2.84. The van der Waals surface area contributed by atoms with Gasteiger partial charge < -0.3 is 0 Å². The highest BCUT2D eigenvalue weighted by atomic mass is 32.1. The molecule has 0 fully saturated rings. The Morgan fingerprint density at radius 3 is 2.64 bits per heavy atom. The van der Waals surface area contributed by atoms with Crippen molar-refractivity contribution in [2.45, 2.75) is 0 Å². The van der Waals surface area contributed by atoms with Crippen molar-refractivity contribution >= 4 is 39.4 Å². The number of halogens is 2. The summed E-state index contributed by atoms with van der Waals surface area (Å²) >= 11 is 1.36. The van der Waals surface area contributed by atoms with Crippen LogP contribution in [0.3, 0.4) is 0 Å². The highest BCUT2D eigenvalue weighted by Crippen LogP contribution is 2.27. The Hall–Kier alpha value is -2.67. The van der Waals surface area contributed by atoms with Gasteiger partial charge in [-0.25, -0.2) is 13.8 Å². The molecule has 0 bridgehead atoms. The van der Waals surface area contributed by atoms with Crippen molar-refractivity contribution in [1.29, 1.82) is 0 Å². The lowest BCUT2D eigenvalue weighted by Crippen LogP contribution is -1.86. The molecule has 7 heteroatoms. The van der Waals surface area contributed by atoms with Gasteiger partial charge in [0, 0.05) is 12.1 Å². The van der Waals surface area contributed by atoms with Gasteiger partial charge in [0.05, 0.1) is 15.1 Å². The molecule has 2 aromatic carbocycles. The first kappa shape index (κ1) is 14.3. The van der Waals surface area contributed by atoms with Crippen molar-refractivity contribution in [2.75, 3.05) is 0 Å². The highest BCUT2D eigenvalue weighted by Gasteiger charge is 2.09. The number of non-ortho nitro benzene ring substituents is 1. The quantitative estimate of drug-likeness (QED) is 0.521. The summed E-state index contributed by atoms with van der Waals surface area (Å²) in [6, 6.07) is 8.05. The first-order valence-corrected chi connectivity index (χ1v) is 7.03. The number of hydrogen-bond acceptors (Lipinski definition) is 4. The Balaban J connectivity index is 1.91. The number of hydrogen-bond donors (Lipinski definition) is 0. The second kappa shape index (κ2) is 5.61. The number of nitro groups is 1. The molecule has 110 valence electrons. The zero-order valence-electron chi connectivity index (χ0n) is 11.0. The molecule has 3 aromatic rings. The number of nitro benzene ring substituents is 1. The second-order valence-electron chi connectivity index (χ2n) is 4.47. The Bertz CT molecular complexity index is 906. The lowest BCUT2D eigenvalue weighted by atomic mass is 10.2. The number of nitrogens with zero attached hydrogens (tertiary/aromatic N) is 2. The van der Waals surface area contributed by atoms with Crippen LogP contribution < -0.4 is 0 Å². The number of rotatable bonds is 3. The molecule has 3 rings (SSSR count). The van der Waals surface area contributed by atoms with Crippen LogP contribution >= 0.6 is 11.3 Å². The molecule has 0 unspecified atom stereocenters. The van der Waals surface area contributed by atoms with E-state index in [2.05, 4.69) is 4.98 Å². The van der Waals surface area contributed by atoms with Crippen LogP contribution in [-0.4, -0.2) is 9.91 Å². The maximum absolute atomic E-state index is 13.1. The second-order valence-corrected chi connectivity index (χ2v) is 5.53. The zero-order valence-corrected chi connectivity index (χ0v) is 11.8. The minimum absolute atomic E-state index is 0.0195. The van der Waals surface area contributed by atoms with Gasteiger partial charge in [-0.2, -0.15) is 0 Å². The molecular weight excluding hydrogens is 310 g/mol. The first-order chi connectivity index (χ1) is 10.5. The van der Waals surface area contributed by atoms with Gasteiger partial charge in [0.2, 0.25) is 0 Å². The molecule has 0 aliphatic rings. The molecule has 0 radical (unpaired) electrons. The van der Waals surface area contributed by atoms with E-state index in [9.17, 15) is 18.9 Å². The van der Waals surface area contributed by atoms with Gasteiger partial charge in [0.1, 0.15) is 5.01 Å². The van der Waals surface area contributed by atoms with Gasteiger partial charge in [-0.3, -0.25) is 10.1 Å². The van der Waals surface area contributed by atoms with Crippen molar-refractivity contribution in [3.05, 3.63) is 68.7 Å². The third-order valence-electron chi connectivity index (χ3n) is 2.96.